The molecule has 22 heteroatoms. The van der Waals surface area contributed by atoms with E-state index in [0.717, 1.165) is 153 Å². The van der Waals surface area contributed by atoms with Gasteiger partial charge in [0.05, 0.1) is 28.2 Å². The molecule has 0 aromatic carbocycles. The molecule has 0 saturated carbocycles. The molecule has 3 aromatic heterocycles. The number of hydrogen-bond donors (Lipinski definition) is 4. The third kappa shape index (κ3) is 16.0. The molecule has 6 saturated heterocycles. The lowest BCUT2D eigenvalue weighted by Gasteiger charge is -2.40. The number of rotatable bonds is 11. The maximum Gasteiger partial charge on any atom is 0.363 e. The topological polar surface area (TPSA) is 257 Å². The van der Waals surface area contributed by atoms with Crippen LogP contribution in [0, 0.1) is 36.2 Å². The molecule has 0 radical (unpaired) electrons. The van der Waals surface area contributed by atoms with Crippen molar-refractivity contribution in [3.8, 4) is 0 Å². The first-order valence-corrected chi connectivity index (χ1v) is 23.6. The fourth-order valence-electron chi connectivity index (χ4n) is 9.62. The average Bonchev–Trinajstić information content (AvgIpc) is 4.14. The fraction of sp³-hybridized carbons (Fsp3) is 0.667. The van der Waals surface area contributed by atoms with Crippen molar-refractivity contribution in [2.45, 2.75) is 93.9 Å². The highest BCUT2D eigenvalue weighted by Gasteiger charge is 2.37. The lowest BCUT2D eigenvalue weighted by molar-refractivity contribution is -0.389. The molecule has 0 atom stereocenters. The molecule has 67 heavy (non-hydrogen) atoms. The molecule has 6 aliphatic rings. The van der Waals surface area contributed by atoms with E-state index in [1.807, 2.05) is 0 Å². The number of hydrogen-bond acceptors (Lipinski definition) is 18. The van der Waals surface area contributed by atoms with Crippen LogP contribution in [0.5, 0.6) is 0 Å². The zero-order valence-corrected chi connectivity index (χ0v) is 38.4. The predicted molar refractivity (Wildman–Crippen MR) is 250 cm³/mol. The Hall–Kier alpha value is -5.10. The molecule has 4 N–H and O–H groups in total. The van der Waals surface area contributed by atoms with Crippen LogP contribution in [-0.4, -0.2) is 175 Å². The Morgan fingerprint density at radius 3 is 1.09 bits per heavy atom. The molecule has 0 aliphatic carbocycles. The number of aromatic nitrogens is 3. The van der Waals surface area contributed by atoms with Gasteiger partial charge in [-0.15, -0.1) is 0 Å². The van der Waals surface area contributed by atoms with Crippen LogP contribution in [0.1, 0.15) is 77.0 Å². The molecule has 6 aliphatic heterocycles. The van der Waals surface area contributed by atoms with Crippen LogP contribution in [0.25, 0.3) is 0 Å². The minimum absolute atomic E-state index is 0.133. The smallest absolute Gasteiger partial charge is 0.363 e. The van der Waals surface area contributed by atoms with Crippen molar-refractivity contribution in [2.75, 3.05) is 108 Å². The highest BCUT2D eigenvalue weighted by atomic mass is 19.1. The zero-order chi connectivity index (χ0) is 47.9. The number of halogens is 1. The maximum absolute atomic E-state index is 12.1. The van der Waals surface area contributed by atoms with Crippen molar-refractivity contribution in [3.05, 3.63) is 91.1 Å². The minimum Gasteiger partial charge on any atom is -0.388 e. The van der Waals surface area contributed by atoms with E-state index in [1.165, 1.54) is 63.7 Å². The molecule has 9 rings (SSSR count). The molecule has 0 amide bonds. The molecule has 3 aromatic rings. The third-order valence-corrected chi connectivity index (χ3v) is 13.5. The summed E-state index contributed by atoms with van der Waals surface area (Å²) in [6.07, 6.45) is 16.2. The van der Waals surface area contributed by atoms with Gasteiger partial charge in [-0.2, -0.15) is 0 Å². The fourth-order valence-corrected chi connectivity index (χ4v) is 9.62. The van der Waals surface area contributed by atoms with E-state index >= 15 is 0 Å². The van der Waals surface area contributed by atoms with Crippen LogP contribution >= 0.6 is 0 Å². The van der Waals surface area contributed by atoms with Crippen LogP contribution in [-0.2, 0) is 0 Å². The quantitative estimate of drug-likeness (QED) is 0.155. The van der Waals surface area contributed by atoms with Crippen molar-refractivity contribution >= 4 is 28.8 Å². The van der Waals surface area contributed by atoms with Crippen LogP contribution in [0.2, 0.25) is 0 Å². The van der Waals surface area contributed by atoms with Crippen molar-refractivity contribution in [3.63, 3.8) is 0 Å². The molecule has 9 heterocycles. The van der Waals surface area contributed by atoms with Crippen molar-refractivity contribution < 1.29 is 34.5 Å². The van der Waals surface area contributed by atoms with Crippen LogP contribution in [0.4, 0.5) is 33.2 Å². The summed E-state index contributed by atoms with van der Waals surface area (Å²) in [5, 5.41) is 66.2. The van der Waals surface area contributed by atoms with E-state index in [1.54, 1.807) is 24.5 Å². The Kier molecular flexibility index (Phi) is 18.6. The summed E-state index contributed by atoms with van der Waals surface area (Å²) in [5.74, 6) is -1.19. The van der Waals surface area contributed by atoms with Crippen molar-refractivity contribution in [1.29, 1.82) is 0 Å². The lowest BCUT2D eigenvalue weighted by atomic mass is 9.90. The second-order valence-electron chi connectivity index (χ2n) is 18.7. The van der Waals surface area contributed by atoms with Gasteiger partial charge in [-0.3, -0.25) is 0 Å². The van der Waals surface area contributed by atoms with Gasteiger partial charge in [0, 0.05) is 64.0 Å². The van der Waals surface area contributed by atoms with Gasteiger partial charge < -0.3 is 75.5 Å². The zero-order valence-electron chi connectivity index (χ0n) is 38.4. The lowest BCUT2D eigenvalue weighted by Crippen LogP contribution is -2.50. The molecule has 0 spiro atoms. The van der Waals surface area contributed by atoms with Crippen LogP contribution in [0.3, 0.4) is 0 Å². The van der Waals surface area contributed by atoms with Crippen LogP contribution < -0.4 is 15.1 Å². The summed E-state index contributed by atoms with van der Waals surface area (Å²) in [6.45, 7) is 14.2. The van der Waals surface area contributed by atoms with Gasteiger partial charge in [0.2, 0.25) is 0 Å². The number of likely N-dealkylation sites (tertiary alicyclic amines) is 3. The summed E-state index contributed by atoms with van der Waals surface area (Å²) in [5.41, 5.74) is 0.169. The first kappa shape index (κ1) is 51.3. The monoisotopic (exact) mass is 939 g/mol. The van der Waals surface area contributed by atoms with Crippen LogP contribution in [0.15, 0.2) is 55.0 Å². The number of aliphatic hydroxyl groups is 3. The van der Waals surface area contributed by atoms with Gasteiger partial charge in [0.25, 0.3) is 0 Å². The minimum atomic E-state index is -0.681. The molecular weight excluding hydrogens is 872 g/mol. The summed E-state index contributed by atoms with van der Waals surface area (Å²) in [6, 6.07) is 8.33. The highest BCUT2D eigenvalue weighted by molar-refractivity contribution is 5.48. The Morgan fingerprint density at radius 2 is 0.806 bits per heavy atom. The van der Waals surface area contributed by atoms with Crippen molar-refractivity contribution in [1.82, 2.24) is 35.0 Å². The first-order valence-electron chi connectivity index (χ1n) is 23.6. The number of piperidine rings is 3. The second kappa shape index (κ2) is 24.3. The number of nitrogens with zero attached hydrogens (tertiary/aromatic N) is 11. The van der Waals surface area contributed by atoms with Gasteiger partial charge >= 0.3 is 17.5 Å². The summed E-state index contributed by atoms with van der Waals surface area (Å²) < 4.78 is 12.1. The van der Waals surface area contributed by atoms with Gasteiger partial charge in [-0.1, -0.05) is 0 Å². The van der Waals surface area contributed by atoms with Gasteiger partial charge in [0.1, 0.15) is 0 Å². The number of nitrogens with one attached hydrogen (secondary N) is 1. The summed E-state index contributed by atoms with van der Waals surface area (Å²) >= 11 is 0. The van der Waals surface area contributed by atoms with E-state index in [2.05, 4.69) is 44.8 Å². The molecule has 368 valence electrons. The highest BCUT2D eigenvalue weighted by Crippen LogP contribution is 2.30. The number of pyridine rings is 3. The van der Waals surface area contributed by atoms with E-state index in [4.69, 9.17) is 0 Å². The van der Waals surface area contributed by atoms with Gasteiger partial charge in [0.15, 0.2) is 24.4 Å². The standard InChI is InChI=1S/2C15H22N4O3.C10H20N2O.C5H3FN2O2/c2*20-15(12-17-7-1-2-8-17)5-9-18(10-6-15)13-3-4-14(16-11-13)19(21)22;13-10(3-5-11-6-4-10)9-12-7-1-2-8-12;6-4-1-2-5(7-3-4)8(9)10/h2*3-4,11,20H,1-2,5-10,12H2;11,13H,1-9H2;1-3H. The number of nitro groups is 3. The SMILES string of the molecule is O=[N+]([O-])c1ccc(F)cn1.O=[N+]([O-])c1ccc(N2CCC(O)(CN3CCCC3)CC2)cn1.O=[N+]([O-])c1ccc(N2CCC(O)(CN3CCCC3)CC2)cn1.OC1(CN2CCCC2)CCNCC1. The Balaban J connectivity index is 0.000000154. The van der Waals surface area contributed by atoms with E-state index in [-0.39, 0.29) is 17.5 Å². The van der Waals surface area contributed by atoms with E-state index in [0.29, 0.717) is 0 Å². The average molecular weight is 939 g/mol. The van der Waals surface area contributed by atoms with Crippen molar-refractivity contribution in [2.24, 2.45) is 0 Å². The maximum atomic E-state index is 12.1. The van der Waals surface area contributed by atoms with E-state index < -0.39 is 37.4 Å². The predicted octanol–water partition coefficient (Wildman–Crippen LogP) is 4.16. The Labute approximate surface area is 390 Å². The Bertz CT molecular complexity index is 1900. The largest absolute Gasteiger partial charge is 0.388 e. The summed E-state index contributed by atoms with van der Waals surface area (Å²) in [4.78, 5) is 51.8. The normalized spacial score (nSPS) is 21.5. The van der Waals surface area contributed by atoms with E-state index in [9.17, 15) is 50.1 Å². The van der Waals surface area contributed by atoms with Gasteiger partial charge in [-0.05, 0) is 177 Å². The summed E-state index contributed by atoms with van der Waals surface area (Å²) in [7, 11) is 0. The molecule has 21 nitrogen and oxygen atoms in total. The Morgan fingerprint density at radius 1 is 0.493 bits per heavy atom. The van der Waals surface area contributed by atoms with Gasteiger partial charge in [-0.25, -0.2) is 4.39 Å². The number of anilines is 2. The molecule has 0 bridgehead atoms. The third-order valence-electron chi connectivity index (χ3n) is 13.5. The molecule has 6 fully saturated rings. The molecule has 0 unspecified atom stereocenters. The molecular formula is C45H67FN12O9. The second-order valence-corrected chi connectivity index (χ2v) is 18.7. The first-order chi connectivity index (χ1) is 32.1. The number of β-amino-alcohol motifs (C(OH)–C–C–N with tert-alkyl or cyclic N) is 3.